The number of ketones is 1. The fourth-order valence-electron chi connectivity index (χ4n) is 3.64. The van der Waals surface area contributed by atoms with E-state index < -0.39 is 35.1 Å². The number of benzene rings is 2. The molecule has 0 radical (unpaired) electrons. The summed E-state index contributed by atoms with van der Waals surface area (Å²) in [4.78, 5) is 27.0. The summed E-state index contributed by atoms with van der Waals surface area (Å²) in [6, 6.07) is 8.01. The number of carbonyl (C=O) groups is 2. The molecule has 5 nitrogen and oxygen atoms in total. The van der Waals surface area contributed by atoms with Crippen LogP contribution in [0.2, 0.25) is 0 Å². The molecule has 1 aliphatic heterocycles. The number of Topliss-reactive ketones (excluding diaryl/α,β-unsaturated/α-hetero) is 1. The number of carbonyl (C=O) groups excluding carboxylic acids is 2. The number of amides is 1. The molecule has 7 heteroatoms. The minimum absolute atomic E-state index is 0.0313. The molecule has 0 aromatic heterocycles. The van der Waals surface area contributed by atoms with Crippen molar-refractivity contribution in [1.29, 1.82) is 0 Å². The largest absolute Gasteiger partial charge is 0.507 e. The number of hydrogen-bond acceptors (Lipinski definition) is 4. The molecule has 0 spiro atoms. The zero-order valence-electron chi connectivity index (χ0n) is 16.8. The Labute approximate surface area is 173 Å². The highest BCUT2D eigenvalue weighted by Gasteiger charge is 2.46. The molecule has 158 valence electrons. The summed E-state index contributed by atoms with van der Waals surface area (Å²) >= 11 is 0. The van der Waals surface area contributed by atoms with Gasteiger partial charge in [0.2, 0.25) is 0 Å². The van der Waals surface area contributed by atoms with Crippen LogP contribution in [0, 0.1) is 11.6 Å². The van der Waals surface area contributed by atoms with E-state index in [9.17, 15) is 23.5 Å². The molecule has 1 fully saturated rings. The summed E-state index contributed by atoms with van der Waals surface area (Å²) in [7, 11) is 1.35. The fraction of sp³-hybridized carbons (Fsp3) is 0.304. The highest BCUT2D eigenvalue weighted by Crippen LogP contribution is 2.41. The quantitative estimate of drug-likeness (QED) is 0.311. The SMILES string of the molecule is CCCCCN1C(=O)C(=O)/C(=C(/O)c2cc(F)ccc2OC)C1c1ccc(F)cc1. The number of unbranched alkanes of at least 4 members (excludes halogenated alkanes) is 2. The van der Waals surface area contributed by atoms with Gasteiger partial charge in [-0.25, -0.2) is 8.78 Å². The molecule has 1 aliphatic rings. The van der Waals surface area contributed by atoms with Gasteiger partial charge in [-0.1, -0.05) is 31.9 Å². The van der Waals surface area contributed by atoms with Crippen LogP contribution in [0.5, 0.6) is 5.75 Å². The van der Waals surface area contributed by atoms with Crippen molar-refractivity contribution in [3.05, 3.63) is 70.8 Å². The molecule has 2 aromatic carbocycles. The number of likely N-dealkylation sites (tertiary alicyclic amines) is 1. The van der Waals surface area contributed by atoms with Gasteiger partial charge in [-0.05, 0) is 42.3 Å². The molecule has 3 rings (SSSR count). The standard InChI is InChI=1S/C23H23F2NO4/c1-3-4-5-12-26-20(14-6-8-15(24)9-7-14)19(22(28)23(26)29)21(27)17-13-16(25)10-11-18(17)30-2/h6-11,13,20,27H,3-5,12H2,1-2H3/b21-19+. The molecule has 0 bridgehead atoms. The molecular weight excluding hydrogens is 392 g/mol. The van der Waals surface area contributed by atoms with Crippen molar-refractivity contribution in [1.82, 2.24) is 4.90 Å². The van der Waals surface area contributed by atoms with E-state index in [2.05, 4.69) is 0 Å². The number of ether oxygens (including phenoxy) is 1. The number of aliphatic hydroxyl groups excluding tert-OH is 1. The first-order valence-electron chi connectivity index (χ1n) is 9.76. The summed E-state index contributed by atoms with van der Waals surface area (Å²) in [6.45, 7) is 2.32. The minimum Gasteiger partial charge on any atom is -0.507 e. The smallest absolute Gasteiger partial charge is 0.295 e. The van der Waals surface area contributed by atoms with E-state index in [0.29, 0.717) is 18.5 Å². The zero-order chi connectivity index (χ0) is 21.8. The van der Waals surface area contributed by atoms with E-state index in [1.165, 1.54) is 42.3 Å². The molecule has 1 heterocycles. The first-order chi connectivity index (χ1) is 14.4. The van der Waals surface area contributed by atoms with Crippen LogP contribution in [-0.4, -0.2) is 35.4 Å². The first-order valence-corrected chi connectivity index (χ1v) is 9.76. The van der Waals surface area contributed by atoms with E-state index >= 15 is 0 Å². The molecule has 30 heavy (non-hydrogen) atoms. The Morgan fingerprint density at radius 2 is 1.73 bits per heavy atom. The Morgan fingerprint density at radius 3 is 2.37 bits per heavy atom. The topological polar surface area (TPSA) is 66.8 Å². The highest BCUT2D eigenvalue weighted by atomic mass is 19.1. The molecule has 1 saturated heterocycles. The van der Waals surface area contributed by atoms with Gasteiger partial charge in [-0.15, -0.1) is 0 Å². The van der Waals surface area contributed by atoms with Gasteiger partial charge in [-0.3, -0.25) is 9.59 Å². The predicted molar refractivity (Wildman–Crippen MR) is 108 cm³/mol. The van der Waals surface area contributed by atoms with E-state index in [1.54, 1.807) is 0 Å². The van der Waals surface area contributed by atoms with Crippen LogP contribution in [0.15, 0.2) is 48.0 Å². The van der Waals surface area contributed by atoms with Crippen molar-refractivity contribution in [3.63, 3.8) is 0 Å². The van der Waals surface area contributed by atoms with Crippen LogP contribution in [0.4, 0.5) is 8.78 Å². The van der Waals surface area contributed by atoms with Gasteiger partial charge in [0.25, 0.3) is 11.7 Å². The van der Waals surface area contributed by atoms with Crippen molar-refractivity contribution < 1.29 is 28.2 Å². The lowest BCUT2D eigenvalue weighted by molar-refractivity contribution is -0.139. The van der Waals surface area contributed by atoms with Crippen LogP contribution in [0.3, 0.4) is 0 Å². The maximum Gasteiger partial charge on any atom is 0.295 e. The molecule has 0 aliphatic carbocycles. The zero-order valence-corrected chi connectivity index (χ0v) is 16.8. The summed E-state index contributed by atoms with van der Waals surface area (Å²) < 4.78 is 32.5. The van der Waals surface area contributed by atoms with Gasteiger partial charge in [0.1, 0.15) is 23.1 Å². The number of rotatable bonds is 7. The van der Waals surface area contributed by atoms with E-state index in [0.717, 1.165) is 25.0 Å². The average Bonchev–Trinajstić information content (AvgIpc) is 2.99. The highest BCUT2D eigenvalue weighted by molar-refractivity contribution is 6.46. The average molecular weight is 415 g/mol. The number of nitrogens with zero attached hydrogens (tertiary/aromatic N) is 1. The Morgan fingerprint density at radius 1 is 1.07 bits per heavy atom. The Kier molecular flexibility index (Phi) is 6.50. The number of halogens is 2. The lowest BCUT2D eigenvalue weighted by atomic mass is 9.95. The van der Waals surface area contributed by atoms with E-state index in [-0.39, 0.29) is 16.9 Å². The molecule has 1 amide bonds. The third kappa shape index (κ3) is 4.06. The van der Waals surface area contributed by atoms with E-state index in [1.807, 2.05) is 6.92 Å². The van der Waals surface area contributed by atoms with Gasteiger partial charge >= 0.3 is 0 Å². The van der Waals surface area contributed by atoms with Crippen molar-refractivity contribution in [2.45, 2.75) is 32.2 Å². The van der Waals surface area contributed by atoms with Gasteiger partial charge < -0.3 is 14.7 Å². The van der Waals surface area contributed by atoms with Crippen LogP contribution >= 0.6 is 0 Å². The molecule has 1 N–H and O–H groups in total. The van der Waals surface area contributed by atoms with Gasteiger partial charge in [0, 0.05) is 6.54 Å². The van der Waals surface area contributed by atoms with Crippen LogP contribution in [-0.2, 0) is 9.59 Å². The van der Waals surface area contributed by atoms with Crippen molar-refractivity contribution in [2.75, 3.05) is 13.7 Å². The van der Waals surface area contributed by atoms with Crippen molar-refractivity contribution in [3.8, 4) is 5.75 Å². The second-order valence-corrected chi connectivity index (χ2v) is 7.10. The van der Waals surface area contributed by atoms with Gasteiger partial charge in [-0.2, -0.15) is 0 Å². The van der Waals surface area contributed by atoms with Gasteiger partial charge in [0.05, 0.1) is 24.3 Å². The summed E-state index contributed by atoms with van der Waals surface area (Å²) in [5.74, 6) is -3.09. The Bertz CT molecular complexity index is 985. The van der Waals surface area contributed by atoms with Crippen LogP contribution in [0.1, 0.15) is 43.4 Å². The third-order valence-corrected chi connectivity index (χ3v) is 5.14. The van der Waals surface area contributed by atoms with E-state index in [4.69, 9.17) is 4.74 Å². The lowest BCUT2D eigenvalue weighted by Crippen LogP contribution is -2.30. The second kappa shape index (κ2) is 9.07. The fourth-order valence-corrected chi connectivity index (χ4v) is 3.64. The Hall–Kier alpha value is -3.22. The predicted octanol–water partition coefficient (Wildman–Crippen LogP) is 4.59. The van der Waals surface area contributed by atoms with Crippen LogP contribution < -0.4 is 4.74 Å². The monoisotopic (exact) mass is 415 g/mol. The van der Waals surface area contributed by atoms with Gasteiger partial charge in [0.15, 0.2) is 0 Å². The molecule has 1 atom stereocenters. The second-order valence-electron chi connectivity index (χ2n) is 7.10. The maximum atomic E-state index is 13.9. The Balaban J connectivity index is 2.18. The minimum atomic E-state index is -0.907. The normalized spacial score (nSPS) is 18.1. The summed E-state index contributed by atoms with van der Waals surface area (Å²) in [5.41, 5.74) is 0.271. The third-order valence-electron chi connectivity index (χ3n) is 5.14. The van der Waals surface area contributed by atoms with Crippen molar-refractivity contribution in [2.24, 2.45) is 0 Å². The molecular formula is C23H23F2NO4. The summed E-state index contributed by atoms with van der Waals surface area (Å²) in [5, 5.41) is 11.0. The van der Waals surface area contributed by atoms with Crippen LogP contribution in [0.25, 0.3) is 5.76 Å². The number of methoxy groups -OCH3 is 1. The number of aliphatic hydroxyl groups is 1. The molecule has 2 aromatic rings. The first kappa shape index (κ1) is 21.5. The molecule has 1 unspecified atom stereocenters. The lowest BCUT2D eigenvalue weighted by Gasteiger charge is -2.25. The number of hydrogen-bond donors (Lipinski definition) is 1. The molecule has 0 saturated carbocycles. The van der Waals surface area contributed by atoms with Crippen molar-refractivity contribution >= 4 is 17.4 Å². The summed E-state index contributed by atoms with van der Waals surface area (Å²) in [6.07, 6.45) is 2.45. The maximum absolute atomic E-state index is 13.9.